The standard InChI is InChI=1S/C14H26N4OS/c1-4-15-13-12(19-2)14(18-11-17-13)16-9-7-5-6-8-10-20-3/h11H,4-10H2,1-3H3,(H2,15,16,17,18). The van der Waals surface area contributed by atoms with E-state index < -0.39 is 0 Å². The second-order valence-corrected chi connectivity index (χ2v) is 5.45. The molecule has 0 amide bonds. The van der Waals surface area contributed by atoms with Gasteiger partial charge in [-0.25, -0.2) is 9.97 Å². The zero-order chi connectivity index (χ0) is 14.6. The van der Waals surface area contributed by atoms with Crippen molar-refractivity contribution in [3.8, 4) is 5.75 Å². The lowest BCUT2D eigenvalue weighted by molar-refractivity contribution is 0.414. The van der Waals surface area contributed by atoms with Crippen molar-refractivity contribution in [3.63, 3.8) is 0 Å². The molecule has 0 fully saturated rings. The Morgan fingerprint density at radius 1 is 1.10 bits per heavy atom. The minimum Gasteiger partial charge on any atom is -0.490 e. The number of unbranched alkanes of at least 4 members (excludes halogenated alkanes) is 3. The molecule has 0 saturated carbocycles. The molecule has 1 aromatic heterocycles. The summed E-state index contributed by atoms with van der Waals surface area (Å²) in [5.41, 5.74) is 0. The number of methoxy groups -OCH3 is 1. The van der Waals surface area contributed by atoms with Crippen molar-refractivity contribution >= 4 is 23.4 Å². The molecule has 0 aliphatic rings. The van der Waals surface area contributed by atoms with Crippen LogP contribution in [0.3, 0.4) is 0 Å². The van der Waals surface area contributed by atoms with Crippen molar-refractivity contribution < 1.29 is 4.74 Å². The van der Waals surface area contributed by atoms with Crippen LogP contribution in [0.15, 0.2) is 6.33 Å². The summed E-state index contributed by atoms with van der Waals surface area (Å²) in [5.74, 6) is 3.46. The maximum absolute atomic E-state index is 5.39. The van der Waals surface area contributed by atoms with Crippen molar-refractivity contribution in [2.24, 2.45) is 0 Å². The number of anilines is 2. The number of rotatable bonds is 11. The number of thioether (sulfide) groups is 1. The van der Waals surface area contributed by atoms with Crippen molar-refractivity contribution in [3.05, 3.63) is 6.33 Å². The van der Waals surface area contributed by atoms with Gasteiger partial charge in [-0.3, -0.25) is 0 Å². The SMILES string of the molecule is CCNc1ncnc(NCCCCCCSC)c1OC. The Balaban J connectivity index is 2.37. The summed E-state index contributed by atoms with van der Waals surface area (Å²) in [6.07, 6.45) is 8.72. The third-order valence-electron chi connectivity index (χ3n) is 2.92. The van der Waals surface area contributed by atoms with E-state index in [4.69, 9.17) is 4.74 Å². The molecule has 0 bridgehead atoms. The predicted octanol–water partition coefficient (Wildman–Crippen LogP) is 3.25. The average Bonchev–Trinajstić information content (AvgIpc) is 2.47. The van der Waals surface area contributed by atoms with Crippen molar-refractivity contribution in [1.82, 2.24) is 9.97 Å². The van der Waals surface area contributed by atoms with Gasteiger partial charge >= 0.3 is 0 Å². The smallest absolute Gasteiger partial charge is 0.204 e. The summed E-state index contributed by atoms with van der Waals surface area (Å²) in [5, 5.41) is 6.51. The Morgan fingerprint density at radius 2 is 1.80 bits per heavy atom. The van der Waals surface area contributed by atoms with Crippen LogP contribution in [0.2, 0.25) is 0 Å². The normalized spacial score (nSPS) is 10.3. The van der Waals surface area contributed by atoms with Crippen LogP contribution in [-0.4, -0.2) is 42.2 Å². The van der Waals surface area contributed by atoms with E-state index in [0.717, 1.165) is 31.1 Å². The van der Waals surface area contributed by atoms with Gasteiger partial charge < -0.3 is 15.4 Å². The first-order valence-electron chi connectivity index (χ1n) is 7.19. The average molecular weight is 298 g/mol. The van der Waals surface area contributed by atoms with Gasteiger partial charge in [0.1, 0.15) is 6.33 Å². The lowest BCUT2D eigenvalue weighted by Gasteiger charge is -2.13. The van der Waals surface area contributed by atoms with Gasteiger partial charge in [-0.05, 0) is 31.8 Å². The van der Waals surface area contributed by atoms with E-state index in [0.29, 0.717) is 5.75 Å². The minimum atomic E-state index is 0.691. The number of ether oxygens (including phenoxy) is 1. The fourth-order valence-electron chi connectivity index (χ4n) is 1.92. The number of nitrogens with zero attached hydrogens (tertiary/aromatic N) is 2. The van der Waals surface area contributed by atoms with E-state index in [1.54, 1.807) is 13.4 Å². The Hall–Kier alpha value is -1.17. The van der Waals surface area contributed by atoms with E-state index in [1.807, 2.05) is 18.7 Å². The summed E-state index contributed by atoms with van der Waals surface area (Å²) in [7, 11) is 1.65. The summed E-state index contributed by atoms with van der Waals surface area (Å²) in [4.78, 5) is 8.44. The van der Waals surface area contributed by atoms with E-state index in [9.17, 15) is 0 Å². The van der Waals surface area contributed by atoms with Gasteiger partial charge in [0.25, 0.3) is 0 Å². The third kappa shape index (κ3) is 5.86. The van der Waals surface area contributed by atoms with Crippen LogP contribution in [0.25, 0.3) is 0 Å². The molecule has 5 nitrogen and oxygen atoms in total. The summed E-state index contributed by atoms with van der Waals surface area (Å²) in [6, 6.07) is 0. The molecule has 114 valence electrons. The lowest BCUT2D eigenvalue weighted by Crippen LogP contribution is -2.09. The number of aromatic nitrogens is 2. The summed E-state index contributed by atoms with van der Waals surface area (Å²) >= 11 is 1.92. The molecular formula is C14H26N4OS. The van der Waals surface area contributed by atoms with Crippen LogP contribution in [0.5, 0.6) is 5.75 Å². The van der Waals surface area contributed by atoms with Gasteiger partial charge in [-0.2, -0.15) is 11.8 Å². The van der Waals surface area contributed by atoms with Crippen molar-refractivity contribution in [2.45, 2.75) is 32.6 Å². The highest BCUT2D eigenvalue weighted by molar-refractivity contribution is 7.98. The quantitative estimate of drug-likeness (QED) is 0.612. The van der Waals surface area contributed by atoms with Crippen LogP contribution in [0.4, 0.5) is 11.6 Å². The molecule has 0 unspecified atom stereocenters. The topological polar surface area (TPSA) is 59.1 Å². The van der Waals surface area contributed by atoms with Crippen LogP contribution in [0.1, 0.15) is 32.6 Å². The largest absolute Gasteiger partial charge is 0.490 e. The number of hydrogen-bond donors (Lipinski definition) is 2. The minimum absolute atomic E-state index is 0.691. The molecule has 1 rings (SSSR count). The first-order valence-corrected chi connectivity index (χ1v) is 8.58. The second kappa shape index (κ2) is 10.6. The maximum atomic E-state index is 5.39. The fourth-order valence-corrected chi connectivity index (χ4v) is 2.41. The van der Waals surface area contributed by atoms with Gasteiger partial charge in [0.15, 0.2) is 11.6 Å². The van der Waals surface area contributed by atoms with Gasteiger partial charge in [0.05, 0.1) is 7.11 Å². The molecule has 1 aromatic rings. The summed E-state index contributed by atoms with van der Waals surface area (Å²) in [6.45, 7) is 3.75. The van der Waals surface area contributed by atoms with Crippen LogP contribution in [0, 0.1) is 0 Å². The molecule has 0 aromatic carbocycles. The lowest BCUT2D eigenvalue weighted by atomic mass is 10.2. The maximum Gasteiger partial charge on any atom is 0.204 e. The number of hydrogen-bond acceptors (Lipinski definition) is 6. The van der Waals surface area contributed by atoms with Crippen LogP contribution < -0.4 is 15.4 Å². The molecule has 0 saturated heterocycles. The first kappa shape index (κ1) is 16.9. The first-order chi connectivity index (χ1) is 9.83. The van der Waals surface area contributed by atoms with E-state index in [-0.39, 0.29) is 0 Å². The van der Waals surface area contributed by atoms with Crippen LogP contribution in [-0.2, 0) is 0 Å². The molecular weight excluding hydrogens is 272 g/mol. The molecule has 1 heterocycles. The monoisotopic (exact) mass is 298 g/mol. The highest BCUT2D eigenvalue weighted by atomic mass is 32.2. The Morgan fingerprint density at radius 3 is 2.45 bits per heavy atom. The van der Waals surface area contributed by atoms with Gasteiger partial charge in [0, 0.05) is 13.1 Å². The van der Waals surface area contributed by atoms with Crippen molar-refractivity contribution in [1.29, 1.82) is 0 Å². The van der Waals surface area contributed by atoms with E-state index >= 15 is 0 Å². The molecule has 0 spiro atoms. The zero-order valence-corrected chi connectivity index (χ0v) is 13.6. The third-order valence-corrected chi connectivity index (χ3v) is 3.62. The van der Waals surface area contributed by atoms with E-state index in [2.05, 4.69) is 26.9 Å². The van der Waals surface area contributed by atoms with Crippen molar-refractivity contribution in [2.75, 3.05) is 42.8 Å². The Kier molecular flexibility index (Phi) is 8.95. The molecule has 0 aliphatic heterocycles. The zero-order valence-electron chi connectivity index (χ0n) is 12.7. The molecule has 0 atom stereocenters. The fraction of sp³-hybridized carbons (Fsp3) is 0.714. The van der Waals surface area contributed by atoms with Gasteiger partial charge in [-0.1, -0.05) is 12.8 Å². The highest BCUT2D eigenvalue weighted by Gasteiger charge is 2.10. The molecule has 2 N–H and O–H groups in total. The number of nitrogens with one attached hydrogen (secondary N) is 2. The summed E-state index contributed by atoms with van der Waals surface area (Å²) < 4.78 is 5.39. The van der Waals surface area contributed by atoms with Gasteiger partial charge in [0.2, 0.25) is 5.75 Å². The van der Waals surface area contributed by atoms with E-state index in [1.165, 1.54) is 25.0 Å². The highest BCUT2D eigenvalue weighted by Crippen LogP contribution is 2.28. The molecule has 6 heteroatoms. The van der Waals surface area contributed by atoms with Gasteiger partial charge in [-0.15, -0.1) is 0 Å². The molecule has 0 aliphatic carbocycles. The Bertz CT molecular complexity index is 376. The van der Waals surface area contributed by atoms with Crippen LogP contribution >= 0.6 is 11.8 Å². The molecule has 20 heavy (non-hydrogen) atoms. The predicted molar refractivity (Wildman–Crippen MR) is 88.1 cm³/mol. The Labute approximate surface area is 126 Å². The molecule has 0 radical (unpaired) electrons. The second-order valence-electron chi connectivity index (χ2n) is 4.47.